The summed E-state index contributed by atoms with van der Waals surface area (Å²) in [5.74, 6) is 0.158. The Labute approximate surface area is 79.4 Å². The van der Waals surface area contributed by atoms with Crippen LogP contribution in [0.4, 0.5) is 0 Å². The highest BCUT2D eigenvalue weighted by molar-refractivity contribution is 5.70. The first-order valence-electron chi connectivity index (χ1n) is 4.72. The molecule has 1 rings (SSSR count). The number of rotatable bonds is 3. The Morgan fingerprint density at radius 3 is 2.54 bits per heavy atom. The van der Waals surface area contributed by atoms with Crippen molar-refractivity contribution in [2.45, 2.75) is 45.8 Å². The van der Waals surface area contributed by atoms with Crippen molar-refractivity contribution in [2.75, 3.05) is 6.61 Å². The molecule has 3 heteroatoms. The molecule has 1 aliphatic rings. The van der Waals surface area contributed by atoms with Crippen LogP contribution < -0.4 is 0 Å². The van der Waals surface area contributed by atoms with Crippen LogP contribution in [-0.2, 0) is 14.3 Å². The Kier molecular flexibility index (Phi) is 2.96. The third-order valence-electron chi connectivity index (χ3n) is 1.90. The van der Waals surface area contributed by atoms with Crippen molar-refractivity contribution in [1.29, 1.82) is 0 Å². The molecule has 1 aliphatic heterocycles. The minimum absolute atomic E-state index is 0.129. The number of esters is 1. The summed E-state index contributed by atoms with van der Waals surface area (Å²) < 4.78 is 10.3. The Morgan fingerprint density at radius 2 is 2.15 bits per heavy atom. The van der Waals surface area contributed by atoms with Crippen LogP contribution in [0.15, 0.2) is 0 Å². The van der Waals surface area contributed by atoms with Gasteiger partial charge < -0.3 is 9.47 Å². The maximum atomic E-state index is 11.3. The number of hydrogen-bond donors (Lipinski definition) is 0. The smallest absolute Gasteiger partial charge is 0.306 e. The largest absolute Gasteiger partial charge is 0.460 e. The van der Waals surface area contributed by atoms with Crippen molar-refractivity contribution in [3.8, 4) is 0 Å². The summed E-state index contributed by atoms with van der Waals surface area (Å²) in [4.78, 5) is 11.3. The van der Waals surface area contributed by atoms with E-state index < -0.39 is 0 Å². The zero-order valence-corrected chi connectivity index (χ0v) is 8.79. The highest BCUT2D eigenvalue weighted by atomic mass is 16.6. The van der Waals surface area contributed by atoms with E-state index in [4.69, 9.17) is 9.47 Å². The minimum atomic E-state index is -0.374. The summed E-state index contributed by atoms with van der Waals surface area (Å²) in [6, 6.07) is 0. The molecule has 1 heterocycles. The Balaban J connectivity index is 2.24. The van der Waals surface area contributed by atoms with Crippen LogP contribution in [0.5, 0.6) is 0 Å². The molecular formula is C10H18O3. The first kappa shape index (κ1) is 10.5. The lowest BCUT2D eigenvalue weighted by molar-refractivity contribution is -0.156. The highest BCUT2D eigenvalue weighted by Gasteiger charge is 2.31. The van der Waals surface area contributed by atoms with Crippen LogP contribution in [0.2, 0.25) is 0 Å². The monoisotopic (exact) mass is 186 g/mol. The molecule has 0 N–H and O–H groups in total. The van der Waals surface area contributed by atoms with Gasteiger partial charge in [-0.05, 0) is 26.7 Å². The third-order valence-corrected chi connectivity index (χ3v) is 1.90. The number of ether oxygens (including phenoxy) is 2. The van der Waals surface area contributed by atoms with Gasteiger partial charge in [-0.25, -0.2) is 0 Å². The fraction of sp³-hybridized carbons (Fsp3) is 0.900. The molecule has 1 fully saturated rings. The van der Waals surface area contributed by atoms with Gasteiger partial charge in [0, 0.05) is 0 Å². The van der Waals surface area contributed by atoms with Crippen molar-refractivity contribution in [3.63, 3.8) is 0 Å². The van der Waals surface area contributed by atoms with E-state index in [0.29, 0.717) is 6.42 Å². The molecule has 0 bridgehead atoms. The predicted octanol–water partition coefficient (Wildman–Crippen LogP) is 1.75. The third kappa shape index (κ3) is 4.27. The van der Waals surface area contributed by atoms with E-state index in [0.717, 1.165) is 6.61 Å². The molecule has 76 valence electrons. The predicted molar refractivity (Wildman–Crippen MR) is 49.4 cm³/mol. The fourth-order valence-corrected chi connectivity index (χ4v) is 1.16. The summed E-state index contributed by atoms with van der Waals surface area (Å²) in [5, 5.41) is 0. The van der Waals surface area contributed by atoms with Gasteiger partial charge in [-0.1, -0.05) is 6.92 Å². The number of carbonyl (C=O) groups excluding carboxylic acids is 1. The molecule has 0 spiro atoms. The van der Waals surface area contributed by atoms with Crippen LogP contribution in [0.1, 0.15) is 34.1 Å². The van der Waals surface area contributed by atoms with Crippen LogP contribution in [0, 0.1) is 5.92 Å². The van der Waals surface area contributed by atoms with E-state index in [1.165, 1.54) is 0 Å². The Hall–Kier alpha value is -0.570. The van der Waals surface area contributed by atoms with Gasteiger partial charge in [0.15, 0.2) is 0 Å². The van der Waals surface area contributed by atoms with E-state index in [1.54, 1.807) is 0 Å². The second kappa shape index (κ2) is 3.66. The average Bonchev–Trinajstić information content (AvgIpc) is 2.60. The van der Waals surface area contributed by atoms with Crippen LogP contribution in [0.25, 0.3) is 0 Å². The van der Waals surface area contributed by atoms with Crippen molar-refractivity contribution < 1.29 is 14.3 Å². The van der Waals surface area contributed by atoms with Gasteiger partial charge in [-0.3, -0.25) is 4.79 Å². The zero-order valence-electron chi connectivity index (χ0n) is 8.79. The van der Waals surface area contributed by atoms with E-state index in [-0.39, 0.29) is 23.6 Å². The summed E-state index contributed by atoms with van der Waals surface area (Å²) in [6.45, 7) is 8.45. The van der Waals surface area contributed by atoms with E-state index >= 15 is 0 Å². The van der Waals surface area contributed by atoms with E-state index in [9.17, 15) is 4.79 Å². The summed E-state index contributed by atoms with van der Waals surface area (Å²) >= 11 is 0. The van der Waals surface area contributed by atoms with Gasteiger partial charge in [0.05, 0.1) is 19.1 Å². The van der Waals surface area contributed by atoms with Gasteiger partial charge in [-0.15, -0.1) is 0 Å². The molecule has 0 amide bonds. The second-order valence-corrected chi connectivity index (χ2v) is 4.64. The normalized spacial score (nSPS) is 23.8. The van der Waals surface area contributed by atoms with Crippen molar-refractivity contribution in [2.24, 2.45) is 5.92 Å². The van der Waals surface area contributed by atoms with Crippen molar-refractivity contribution >= 4 is 5.97 Å². The van der Waals surface area contributed by atoms with Gasteiger partial charge in [-0.2, -0.15) is 0 Å². The number of carbonyl (C=O) groups is 1. The average molecular weight is 186 g/mol. The molecule has 0 aromatic carbocycles. The molecule has 0 aromatic rings. The van der Waals surface area contributed by atoms with Gasteiger partial charge in [0.25, 0.3) is 0 Å². The molecule has 0 radical (unpaired) electrons. The molecule has 3 nitrogen and oxygen atoms in total. The Morgan fingerprint density at radius 1 is 1.62 bits per heavy atom. The minimum Gasteiger partial charge on any atom is -0.460 e. The molecule has 0 aromatic heterocycles. The zero-order chi connectivity index (χ0) is 10.1. The lowest BCUT2D eigenvalue weighted by Gasteiger charge is -2.20. The second-order valence-electron chi connectivity index (χ2n) is 4.64. The van der Waals surface area contributed by atoms with E-state index in [2.05, 4.69) is 0 Å². The van der Waals surface area contributed by atoms with Crippen LogP contribution in [-0.4, -0.2) is 24.3 Å². The first-order valence-corrected chi connectivity index (χ1v) is 4.72. The maximum Gasteiger partial charge on any atom is 0.306 e. The summed E-state index contributed by atoms with van der Waals surface area (Å²) in [5.41, 5.74) is -0.374. The lowest BCUT2D eigenvalue weighted by atomic mass is 10.0. The molecule has 1 saturated heterocycles. The molecule has 0 aliphatic carbocycles. The fourth-order valence-electron chi connectivity index (χ4n) is 1.16. The SMILES string of the molecule is CC(CC(=O)OC(C)(C)C)C1CO1. The standard InChI is InChI=1S/C10H18O3/c1-7(8-6-12-8)5-9(11)13-10(2,3)4/h7-8H,5-6H2,1-4H3. The van der Waals surface area contributed by atoms with E-state index in [1.807, 2.05) is 27.7 Å². The van der Waals surface area contributed by atoms with Crippen molar-refractivity contribution in [1.82, 2.24) is 0 Å². The van der Waals surface area contributed by atoms with Crippen LogP contribution in [0.3, 0.4) is 0 Å². The highest BCUT2D eigenvalue weighted by Crippen LogP contribution is 2.23. The van der Waals surface area contributed by atoms with Crippen molar-refractivity contribution in [3.05, 3.63) is 0 Å². The summed E-state index contributed by atoms with van der Waals surface area (Å²) in [6.07, 6.45) is 0.745. The lowest BCUT2D eigenvalue weighted by Crippen LogP contribution is -2.25. The van der Waals surface area contributed by atoms with Gasteiger partial charge in [0.2, 0.25) is 0 Å². The molecule has 0 saturated carbocycles. The maximum absolute atomic E-state index is 11.3. The van der Waals surface area contributed by atoms with Crippen LogP contribution >= 0.6 is 0 Å². The first-order chi connectivity index (χ1) is 5.88. The quantitative estimate of drug-likeness (QED) is 0.498. The number of hydrogen-bond acceptors (Lipinski definition) is 3. The van der Waals surface area contributed by atoms with Gasteiger partial charge >= 0.3 is 5.97 Å². The van der Waals surface area contributed by atoms with Gasteiger partial charge in [0.1, 0.15) is 5.60 Å². The Bertz CT molecular complexity index is 189. The number of epoxide rings is 1. The summed E-state index contributed by atoms with van der Waals surface area (Å²) in [7, 11) is 0. The molecular weight excluding hydrogens is 168 g/mol. The topological polar surface area (TPSA) is 38.8 Å². The molecule has 2 unspecified atom stereocenters. The molecule has 13 heavy (non-hydrogen) atoms. The molecule has 2 atom stereocenters.